The van der Waals surface area contributed by atoms with Gasteiger partial charge in [0, 0.05) is 23.5 Å². The summed E-state index contributed by atoms with van der Waals surface area (Å²) in [6.07, 6.45) is 0. The second kappa shape index (κ2) is 5.53. The Bertz CT molecular complexity index is 749. The SMILES string of the molecule is CNc1ccc(N=Nc2ccccc2)c2ccccc12. The third-order valence-corrected chi connectivity index (χ3v) is 3.20. The predicted octanol–water partition coefficient (Wildman–Crippen LogP) is 5.30. The minimum absolute atomic E-state index is 0.856. The fourth-order valence-electron chi connectivity index (χ4n) is 2.19. The average Bonchev–Trinajstić information content (AvgIpc) is 2.53. The first kappa shape index (κ1) is 12.4. The molecule has 0 bridgehead atoms. The van der Waals surface area contributed by atoms with Crippen LogP contribution in [0, 0.1) is 0 Å². The van der Waals surface area contributed by atoms with Crippen molar-refractivity contribution in [2.75, 3.05) is 12.4 Å². The van der Waals surface area contributed by atoms with Crippen LogP contribution in [0.15, 0.2) is 77.0 Å². The van der Waals surface area contributed by atoms with Gasteiger partial charge in [0.25, 0.3) is 0 Å². The summed E-state index contributed by atoms with van der Waals surface area (Å²) < 4.78 is 0. The summed E-state index contributed by atoms with van der Waals surface area (Å²) in [4.78, 5) is 0. The van der Waals surface area contributed by atoms with Crippen molar-refractivity contribution in [3.8, 4) is 0 Å². The summed E-state index contributed by atoms with van der Waals surface area (Å²) >= 11 is 0. The molecular formula is C17H15N3. The maximum atomic E-state index is 4.38. The van der Waals surface area contributed by atoms with E-state index in [1.54, 1.807) is 0 Å². The fourth-order valence-corrected chi connectivity index (χ4v) is 2.19. The molecule has 3 heteroatoms. The highest BCUT2D eigenvalue weighted by atomic mass is 15.1. The van der Waals surface area contributed by atoms with Crippen LogP contribution in [0.4, 0.5) is 17.1 Å². The third-order valence-electron chi connectivity index (χ3n) is 3.20. The molecule has 3 aromatic carbocycles. The van der Waals surface area contributed by atoms with Crippen LogP contribution < -0.4 is 5.32 Å². The van der Waals surface area contributed by atoms with Gasteiger partial charge in [0.2, 0.25) is 0 Å². The number of benzene rings is 3. The molecule has 0 aliphatic carbocycles. The van der Waals surface area contributed by atoms with Crippen molar-refractivity contribution in [1.82, 2.24) is 0 Å². The Morgan fingerprint density at radius 3 is 2.15 bits per heavy atom. The minimum atomic E-state index is 0.856. The van der Waals surface area contributed by atoms with Crippen LogP contribution >= 0.6 is 0 Å². The molecule has 98 valence electrons. The van der Waals surface area contributed by atoms with E-state index in [1.165, 1.54) is 0 Å². The second-order valence-electron chi connectivity index (χ2n) is 4.46. The van der Waals surface area contributed by atoms with Crippen molar-refractivity contribution in [3.63, 3.8) is 0 Å². The quantitative estimate of drug-likeness (QED) is 0.638. The molecule has 0 radical (unpaired) electrons. The van der Waals surface area contributed by atoms with E-state index in [0.29, 0.717) is 0 Å². The molecule has 0 unspecified atom stereocenters. The zero-order chi connectivity index (χ0) is 13.8. The smallest absolute Gasteiger partial charge is 0.0936 e. The van der Waals surface area contributed by atoms with Gasteiger partial charge in [-0.2, -0.15) is 5.11 Å². The van der Waals surface area contributed by atoms with E-state index in [9.17, 15) is 0 Å². The summed E-state index contributed by atoms with van der Waals surface area (Å²) in [5.74, 6) is 0. The van der Waals surface area contributed by atoms with Crippen molar-refractivity contribution < 1.29 is 0 Å². The Balaban J connectivity index is 2.07. The van der Waals surface area contributed by atoms with Gasteiger partial charge in [-0.25, -0.2) is 0 Å². The lowest BCUT2D eigenvalue weighted by molar-refractivity contribution is 1.24. The lowest BCUT2D eigenvalue weighted by Crippen LogP contribution is -1.88. The third kappa shape index (κ3) is 2.38. The van der Waals surface area contributed by atoms with Crippen LogP contribution in [0.3, 0.4) is 0 Å². The maximum absolute atomic E-state index is 4.38. The number of hydrogen-bond donors (Lipinski definition) is 1. The van der Waals surface area contributed by atoms with E-state index in [1.807, 2.05) is 61.6 Å². The Kier molecular flexibility index (Phi) is 3.42. The van der Waals surface area contributed by atoms with Gasteiger partial charge in [-0.3, -0.25) is 0 Å². The number of azo groups is 1. The van der Waals surface area contributed by atoms with Gasteiger partial charge >= 0.3 is 0 Å². The predicted molar refractivity (Wildman–Crippen MR) is 84.1 cm³/mol. The second-order valence-corrected chi connectivity index (χ2v) is 4.46. The molecule has 3 aromatic rings. The summed E-state index contributed by atoms with van der Waals surface area (Å²) in [6, 6.07) is 22.0. The first-order valence-corrected chi connectivity index (χ1v) is 6.55. The average molecular weight is 261 g/mol. The van der Waals surface area contributed by atoms with Crippen LogP contribution in [0.1, 0.15) is 0 Å². The van der Waals surface area contributed by atoms with Gasteiger partial charge in [-0.1, -0.05) is 42.5 Å². The Labute approximate surface area is 118 Å². The first-order chi connectivity index (χ1) is 9.88. The molecule has 3 rings (SSSR count). The Morgan fingerprint density at radius 1 is 0.700 bits per heavy atom. The van der Waals surface area contributed by atoms with E-state index < -0.39 is 0 Å². The fraction of sp³-hybridized carbons (Fsp3) is 0.0588. The molecule has 0 fully saturated rings. The Morgan fingerprint density at radius 2 is 1.40 bits per heavy atom. The molecule has 0 saturated carbocycles. The van der Waals surface area contributed by atoms with Gasteiger partial charge < -0.3 is 5.32 Å². The van der Waals surface area contributed by atoms with Gasteiger partial charge in [0.15, 0.2) is 0 Å². The summed E-state index contributed by atoms with van der Waals surface area (Å²) in [5, 5.41) is 14.1. The van der Waals surface area contributed by atoms with E-state index in [-0.39, 0.29) is 0 Å². The van der Waals surface area contributed by atoms with Crippen LogP contribution in [0.2, 0.25) is 0 Å². The lowest BCUT2D eigenvalue weighted by Gasteiger charge is -2.07. The molecule has 0 heterocycles. The summed E-state index contributed by atoms with van der Waals surface area (Å²) in [7, 11) is 1.92. The number of rotatable bonds is 3. The largest absolute Gasteiger partial charge is 0.388 e. The standard InChI is InChI=1S/C17H15N3/c1-18-16-11-12-17(15-10-6-5-9-14(15)16)20-19-13-7-3-2-4-8-13/h2-12,18H,1H3. The topological polar surface area (TPSA) is 36.8 Å². The van der Waals surface area contributed by atoms with Crippen molar-refractivity contribution >= 4 is 27.8 Å². The van der Waals surface area contributed by atoms with Gasteiger partial charge in [0.05, 0.1) is 11.4 Å². The maximum Gasteiger partial charge on any atom is 0.0936 e. The van der Waals surface area contributed by atoms with Crippen molar-refractivity contribution in [3.05, 3.63) is 66.7 Å². The number of nitrogens with one attached hydrogen (secondary N) is 1. The highest BCUT2D eigenvalue weighted by Gasteiger charge is 2.03. The Hall–Kier alpha value is -2.68. The summed E-state index contributed by atoms with van der Waals surface area (Å²) in [6.45, 7) is 0. The van der Waals surface area contributed by atoms with Crippen molar-refractivity contribution in [2.45, 2.75) is 0 Å². The highest BCUT2D eigenvalue weighted by Crippen LogP contribution is 2.32. The van der Waals surface area contributed by atoms with Crippen molar-refractivity contribution in [2.24, 2.45) is 10.2 Å². The number of nitrogens with zero attached hydrogens (tertiary/aromatic N) is 2. The molecule has 1 N–H and O–H groups in total. The van der Waals surface area contributed by atoms with Gasteiger partial charge in [-0.05, 0) is 24.3 Å². The molecule has 0 atom stereocenters. The molecule has 0 saturated heterocycles. The van der Waals surface area contributed by atoms with E-state index in [4.69, 9.17) is 0 Å². The summed E-state index contributed by atoms with van der Waals surface area (Å²) in [5.41, 5.74) is 2.83. The van der Waals surface area contributed by atoms with Crippen LogP contribution in [-0.2, 0) is 0 Å². The molecule has 0 spiro atoms. The minimum Gasteiger partial charge on any atom is -0.388 e. The number of fused-ring (bicyclic) bond motifs is 1. The molecule has 0 aliphatic rings. The molecule has 0 aromatic heterocycles. The van der Waals surface area contributed by atoms with Crippen LogP contribution in [0.5, 0.6) is 0 Å². The zero-order valence-corrected chi connectivity index (χ0v) is 11.2. The van der Waals surface area contributed by atoms with Gasteiger partial charge in [-0.15, -0.1) is 5.11 Å². The monoisotopic (exact) mass is 261 g/mol. The van der Waals surface area contributed by atoms with Gasteiger partial charge in [0.1, 0.15) is 0 Å². The normalized spacial score (nSPS) is 11.1. The highest BCUT2D eigenvalue weighted by molar-refractivity contribution is 6.00. The van der Waals surface area contributed by atoms with Crippen LogP contribution in [0.25, 0.3) is 10.8 Å². The van der Waals surface area contributed by atoms with Crippen molar-refractivity contribution in [1.29, 1.82) is 0 Å². The molecule has 3 nitrogen and oxygen atoms in total. The molecule has 20 heavy (non-hydrogen) atoms. The number of hydrogen-bond acceptors (Lipinski definition) is 3. The lowest BCUT2D eigenvalue weighted by atomic mass is 10.1. The van der Waals surface area contributed by atoms with Crippen LogP contribution in [-0.4, -0.2) is 7.05 Å². The zero-order valence-electron chi connectivity index (χ0n) is 11.2. The van der Waals surface area contributed by atoms with E-state index in [2.05, 4.69) is 27.7 Å². The van der Waals surface area contributed by atoms with E-state index in [0.717, 1.165) is 27.8 Å². The number of anilines is 1. The molecule has 0 amide bonds. The van der Waals surface area contributed by atoms with E-state index >= 15 is 0 Å². The molecular weight excluding hydrogens is 246 g/mol. The molecule has 0 aliphatic heterocycles. The first-order valence-electron chi connectivity index (χ1n) is 6.55.